The molecule has 0 unspecified atom stereocenters. The number of Topliss-reactive ketones (excluding diaryl/α,β-unsaturated/α-hetero) is 1. The van der Waals surface area contributed by atoms with E-state index in [0.717, 1.165) is 51.6 Å². The molecule has 7 nitrogen and oxygen atoms in total. The van der Waals surface area contributed by atoms with Crippen LogP contribution in [-0.2, 0) is 13.1 Å². The summed E-state index contributed by atoms with van der Waals surface area (Å²) in [4.78, 5) is 13.2. The standard InChI is InChI=1S/C26H30N4O3S/c1-17(2)14-30-25(20-8-10-21(32-5)11-9-20)27-28-26(30)34-16-24(31)23-13-18(3)29(19(23)4)15-22-7-6-12-33-22/h6-13,17H,14-16H2,1-5H3. The van der Waals surface area contributed by atoms with Gasteiger partial charge in [-0.3, -0.25) is 4.79 Å². The van der Waals surface area contributed by atoms with Gasteiger partial charge in [-0.25, -0.2) is 0 Å². The fraction of sp³-hybridized carbons (Fsp3) is 0.346. The van der Waals surface area contributed by atoms with Crippen LogP contribution in [0.2, 0.25) is 0 Å². The molecular formula is C26H30N4O3S. The van der Waals surface area contributed by atoms with Crippen molar-refractivity contribution in [2.24, 2.45) is 5.92 Å². The lowest BCUT2D eigenvalue weighted by molar-refractivity contribution is 0.102. The number of hydrogen-bond donors (Lipinski definition) is 0. The van der Waals surface area contributed by atoms with Crippen molar-refractivity contribution in [3.63, 3.8) is 0 Å². The monoisotopic (exact) mass is 478 g/mol. The summed E-state index contributed by atoms with van der Waals surface area (Å²) in [6, 6.07) is 13.6. The largest absolute Gasteiger partial charge is 0.497 e. The van der Waals surface area contributed by atoms with Crippen molar-refractivity contribution in [1.82, 2.24) is 19.3 Å². The lowest BCUT2D eigenvalue weighted by Gasteiger charge is -2.12. The van der Waals surface area contributed by atoms with Crippen molar-refractivity contribution in [3.8, 4) is 17.1 Å². The molecule has 0 N–H and O–H groups in total. The number of ether oxygens (including phenoxy) is 1. The Balaban J connectivity index is 1.53. The Morgan fingerprint density at radius 1 is 1.12 bits per heavy atom. The van der Waals surface area contributed by atoms with E-state index in [9.17, 15) is 4.79 Å². The Morgan fingerprint density at radius 3 is 2.53 bits per heavy atom. The summed E-state index contributed by atoms with van der Waals surface area (Å²) in [7, 11) is 1.65. The normalized spacial score (nSPS) is 11.4. The van der Waals surface area contributed by atoms with E-state index in [1.165, 1.54) is 11.8 Å². The number of benzene rings is 1. The minimum Gasteiger partial charge on any atom is -0.497 e. The molecule has 8 heteroatoms. The van der Waals surface area contributed by atoms with Gasteiger partial charge >= 0.3 is 0 Å². The number of methoxy groups -OCH3 is 1. The van der Waals surface area contributed by atoms with Gasteiger partial charge in [0.1, 0.15) is 11.5 Å². The van der Waals surface area contributed by atoms with E-state index in [2.05, 4.69) is 33.2 Å². The fourth-order valence-electron chi connectivity index (χ4n) is 3.97. The zero-order valence-corrected chi connectivity index (χ0v) is 21.1. The lowest BCUT2D eigenvalue weighted by atomic mass is 10.2. The zero-order valence-electron chi connectivity index (χ0n) is 20.2. The molecule has 0 aliphatic carbocycles. The predicted molar refractivity (Wildman–Crippen MR) is 134 cm³/mol. The van der Waals surface area contributed by atoms with E-state index >= 15 is 0 Å². The molecule has 1 aromatic carbocycles. The second kappa shape index (κ2) is 10.3. The minimum absolute atomic E-state index is 0.0777. The zero-order chi connectivity index (χ0) is 24.2. The summed E-state index contributed by atoms with van der Waals surface area (Å²) in [5.41, 5.74) is 3.68. The summed E-state index contributed by atoms with van der Waals surface area (Å²) in [6.07, 6.45) is 1.67. The lowest BCUT2D eigenvalue weighted by Crippen LogP contribution is -2.10. The summed E-state index contributed by atoms with van der Waals surface area (Å²) in [5.74, 6) is 3.23. The molecule has 0 aliphatic heterocycles. The van der Waals surface area contributed by atoms with Crippen LogP contribution < -0.4 is 4.74 Å². The minimum atomic E-state index is 0.0777. The van der Waals surface area contributed by atoms with E-state index in [0.29, 0.717) is 18.2 Å². The molecule has 0 amide bonds. The maximum atomic E-state index is 13.2. The van der Waals surface area contributed by atoms with Gasteiger partial charge in [-0.2, -0.15) is 0 Å². The van der Waals surface area contributed by atoms with E-state index in [1.807, 2.05) is 56.3 Å². The molecule has 0 radical (unpaired) electrons. The first kappa shape index (κ1) is 23.9. The second-order valence-corrected chi connectivity index (χ2v) is 9.64. The van der Waals surface area contributed by atoms with Crippen molar-refractivity contribution < 1.29 is 13.9 Å². The number of nitrogens with zero attached hydrogens (tertiary/aromatic N) is 4. The van der Waals surface area contributed by atoms with E-state index in [-0.39, 0.29) is 5.78 Å². The van der Waals surface area contributed by atoms with Crippen molar-refractivity contribution >= 4 is 17.5 Å². The highest BCUT2D eigenvalue weighted by Gasteiger charge is 2.20. The molecule has 34 heavy (non-hydrogen) atoms. The number of aryl methyl sites for hydroxylation is 1. The molecule has 0 fully saturated rings. The first-order valence-corrected chi connectivity index (χ1v) is 12.3. The highest BCUT2D eigenvalue weighted by atomic mass is 32.2. The van der Waals surface area contributed by atoms with Crippen LogP contribution in [0.3, 0.4) is 0 Å². The number of carbonyl (C=O) groups excluding carboxylic acids is 1. The Morgan fingerprint density at radius 2 is 1.88 bits per heavy atom. The van der Waals surface area contributed by atoms with Crippen LogP contribution in [-0.4, -0.2) is 38.0 Å². The number of carbonyl (C=O) groups is 1. The summed E-state index contributed by atoms with van der Waals surface area (Å²) < 4.78 is 15.0. The molecule has 0 spiro atoms. The van der Waals surface area contributed by atoms with Crippen LogP contribution in [0.15, 0.2) is 58.3 Å². The van der Waals surface area contributed by atoms with Crippen LogP contribution >= 0.6 is 11.8 Å². The van der Waals surface area contributed by atoms with Crippen LogP contribution in [0.5, 0.6) is 5.75 Å². The van der Waals surface area contributed by atoms with E-state index in [1.54, 1.807) is 13.4 Å². The SMILES string of the molecule is COc1ccc(-c2nnc(SCC(=O)c3cc(C)n(Cc4ccco4)c3C)n2CC(C)C)cc1. The number of furan rings is 1. The number of thioether (sulfide) groups is 1. The molecule has 3 aromatic heterocycles. The number of aromatic nitrogens is 4. The summed E-state index contributed by atoms with van der Waals surface area (Å²) in [5, 5.41) is 9.62. The highest BCUT2D eigenvalue weighted by Crippen LogP contribution is 2.28. The van der Waals surface area contributed by atoms with Crippen molar-refractivity contribution in [2.45, 2.75) is 45.9 Å². The first-order chi connectivity index (χ1) is 16.4. The Bertz CT molecular complexity index is 1250. The predicted octanol–water partition coefficient (Wildman–Crippen LogP) is 5.64. The summed E-state index contributed by atoms with van der Waals surface area (Å²) >= 11 is 1.43. The van der Waals surface area contributed by atoms with Crippen LogP contribution in [0.4, 0.5) is 0 Å². The van der Waals surface area contributed by atoms with E-state index in [4.69, 9.17) is 9.15 Å². The van der Waals surface area contributed by atoms with Gasteiger partial charge in [0, 0.05) is 29.1 Å². The van der Waals surface area contributed by atoms with E-state index < -0.39 is 0 Å². The fourth-order valence-corrected chi connectivity index (χ4v) is 4.80. The Kier molecular flexibility index (Phi) is 7.26. The first-order valence-electron chi connectivity index (χ1n) is 11.3. The highest BCUT2D eigenvalue weighted by molar-refractivity contribution is 7.99. The third-order valence-corrected chi connectivity index (χ3v) is 6.68. The average molecular weight is 479 g/mol. The molecule has 4 rings (SSSR count). The molecule has 0 saturated heterocycles. The van der Waals surface area contributed by atoms with Gasteiger partial charge in [-0.1, -0.05) is 25.6 Å². The van der Waals surface area contributed by atoms with Crippen molar-refractivity contribution in [1.29, 1.82) is 0 Å². The van der Waals surface area contributed by atoms with Gasteiger partial charge < -0.3 is 18.3 Å². The average Bonchev–Trinajstić information content (AvgIpc) is 3.54. The van der Waals surface area contributed by atoms with Crippen LogP contribution in [0.1, 0.15) is 41.4 Å². The maximum absolute atomic E-state index is 13.2. The molecular weight excluding hydrogens is 448 g/mol. The van der Waals surface area contributed by atoms with Gasteiger partial charge in [-0.05, 0) is 62.2 Å². The number of ketones is 1. The molecule has 4 aromatic rings. The quantitative estimate of drug-likeness (QED) is 0.217. The Hall–Kier alpha value is -3.26. The van der Waals surface area contributed by atoms with Gasteiger partial charge in [0.25, 0.3) is 0 Å². The van der Waals surface area contributed by atoms with Gasteiger partial charge in [0.2, 0.25) is 0 Å². The molecule has 3 heterocycles. The second-order valence-electron chi connectivity index (χ2n) is 8.70. The van der Waals surface area contributed by atoms with Crippen molar-refractivity contribution in [2.75, 3.05) is 12.9 Å². The molecule has 0 saturated carbocycles. The Labute approximate surface area is 204 Å². The van der Waals surface area contributed by atoms with Crippen LogP contribution in [0.25, 0.3) is 11.4 Å². The molecule has 0 bridgehead atoms. The van der Waals surface area contributed by atoms with Gasteiger partial charge in [0.05, 0.1) is 25.7 Å². The third-order valence-electron chi connectivity index (χ3n) is 5.71. The molecule has 0 aliphatic rings. The maximum Gasteiger partial charge on any atom is 0.191 e. The van der Waals surface area contributed by atoms with Gasteiger partial charge in [-0.15, -0.1) is 10.2 Å². The third kappa shape index (κ3) is 5.12. The molecule has 178 valence electrons. The van der Waals surface area contributed by atoms with Gasteiger partial charge in [0.15, 0.2) is 16.8 Å². The smallest absolute Gasteiger partial charge is 0.191 e. The number of hydrogen-bond acceptors (Lipinski definition) is 6. The molecule has 0 atom stereocenters. The van der Waals surface area contributed by atoms with Crippen molar-refractivity contribution in [3.05, 3.63) is 71.4 Å². The number of rotatable bonds is 10. The summed E-state index contributed by atoms with van der Waals surface area (Å²) in [6.45, 7) is 9.69. The topological polar surface area (TPSA) is 75.1 Å². The van der Waals surface area contributed by atoms with Crippen LogP contribution in [0, 0.1) is 19.8 Å².